The Morgan fingerprint density at radius 2 is 2.10 bits per heavy atom. The number of anilines is 1. The third-order valence-electron chi connectivity index (χ3n) is 2.53. The van der Waals surface area contributed by atoms with Gasteiger partial charge in [-0.15, -0.1) is 0 Å². The third kappa shape index (κ3) is 3.86. The van der Waals surface area contributed by atoms with Crippen LogP contribution in [0.5, 0.6) is 0 Å². The Hall–Kier alpha value is -1.76. The lowest BCUT2D eigenvalue weighted by Gasteiger charge is -2.10. The van der Waals surface area contributed by atoms with Crippen LogP contribution in [0.1, 0.15) is 11.1 Å². The molecule has 20 heavy (non-hydrogen) atoms. The van der Waals surface area contributed by atoms with E-state index in [0.717, 1.165) is 17.7 Å². The van der Waals surface area contributed by atoms with Crippen LogP contribution in [0.25, 0.3) is 0 Å². The molecule has 0 saturated heterocycles. The molecule has 0 spiro atoms. The highest BCUT2D eigenvalue weighted by molar-refractivity contribution is 6.29. The molecule has 0 bridgehead atoms. The summed E-state index contributed by atoms with van der Waals surface area (Å²) in [7, 11) is 0. The predicted molar refractivity (Wildman–Crippen MR) is 69.7 cm³/mol. The lowest BCUT2D eigenvalue weighted by atomic mass is 10.2. The smallest absolute Gasteiger partial charge is 0.368 e. The second kappa shape index (κ2) is 5.70. The number of rotatable bonds is 4. The maximum Gasteiger partial charge on any atom is 0.416 e. The van der Waals surface area contributed by atoms with E-state index >= 15 is 0 Å². The van der Waals surface area contributed by atoms with Crippen LogP contribution in [0, 0.1) is 6.92 Å². The first-order valence-corrected chi connectivity index (χ1v) is 6.20. The van der Waals surface area contributed by atoms with Crippen molar-refractivity contribution >= 4 is 17.4 Å². The molecule has 0 aromatic carbocycles. The molecule has 2 aromatic rings. The fraction of sp³-hybridized carbons (Fsp3) is 0.333. The van der Waals surface area contributed by atoms with Gasteiger partial charge in [0.1, 0.15) is 11.0 Å². The molecule has 2 aromatic heterocycles. The second-order valence-corrected chi connectivity index (χ2v) is 4.66. The summed E-state index contributed by atoms with van der Waals surface area (Å²) in [6.07, 6.45) is -0.893. The van der Waals surface area contributed by atoms with Gasteiger partial charge in [-0.05, 0) is 24.6 Å². The molecule has 4 nitrogen and oxygen atoms in total. The van der Waals surface area contributed by atoms with E-state index in [0.29, 0.717) is 13.1 Å². The number of aryl methyl sites for hydroxylation is 1. The molecule has 0 aliphatic heterocycles. The summed E-state index contributed by atoms with van der Waals surface area (Å²) in [6.45, 7) is 2.82. The normalized spacial score (nSPS) is 11.7. The highest BCUT2D eigenvalue weighted by Gasteiger charge is 2.31. The van der Waals surface area contributed by atoms with Gasteiger partial charge in [0.05, 0.1) is 18.3 Å². The first-order valence-electron chi connectivity index (χ1n) is 5.82. The van der Waals surface area contributed by atoms with Crippen LogP contribution >= 0.6 is 11.6 Å². The monoisotopic (exact) mass is 304 g/mol. The summed E-state index contributed by atoms with van der Waals surface area (Å²) in [5, 5.41) is 6.67. The fourth-order valence-corrected chi connectivity index (χ4v) is 1.85. The minimum atomic E-state index is -4.44. The molecule has 8 heteroatoms. The van der Waals surface area contributed by atoms with E-state index in [4.69, 9.17) is 11.6 Å². The van der Waals surface area contributed by atoms with Crippen LogP contribution in [0.4, 0.5) is 19.0 Å². The van der Waals surface area contributed by atoms with Crippen molar-refractivity contribution in [2.45, 2.75) is 19.6 Å². The zero-order valence-electron chi connectivity index (χ0n) is 10.6. The summed E-state index contributed by atoms with van der Waals surface area (Å²) in [5.41, 5.74) is 0.195. The topological polar surface area (TPSA) is 42.7 Å². The van der Waals surface area contributed by atoms with Gasteiger partial charge in [0.15, 0.2) is 0 Å². The fourth-order valence-electron chi connectivity index (χ4n) is 1.64. The molecule has 1 N–H and O–H groups in total. The number of pyridine rings is 1. The van der Waals surface area contributed by atoms with Crippen LogP contribution in [0.15, 0.2) is 24.5 Å². The van der Waals surface area contributed by atoms with E-state index in [9.17, 15) is 13.2 Å². The third-order valence-corrected chi connectivity index (χ3v) is 2.72. The minimum Gasteiger partial charge on any atom is -0.368 e. The van der Waals surface area contributed by atoms with Gasteiger partial charge in [0.2, 0.25) is 0 Å². The number of nitrogens with zero attached hydrogens (tertiary/aromatic N) is 3. The van der Waals surface area contributed by atoms with Crippen molar-refractivity contribution in [1.82, 2.24) is 14.8 Å². The Balaban J connectivity index is 2.00. The van der Waals surface area contributed by atoms with E-state index in [1.165, 1.54) is 0 Å². The largest absolute Gasteiger partial charge is 0.416 e. The molecule has 0 radical (unpaired) electrons. The van der Waals surface area contributed by atoms with Crippen LogP contribution in [-0.2, 0) is 12.7 Å². The molecule has 0 saturated carbocycles. The van der Waals surface area contributed by atoms with Gasteiger partial charge in [-0.3, -0.25) is 4.68 Å². The van der Waals surface area contributed by atoms with E-state index in [2.05, 4.69) is 15.4 Å². The highest BCUT2D eigenvalue weighted by atomic mass is 35.5. The molecule has 0 fully saturated rings. The van der Waals surface area contributed by atoms with E-state index < -0.39 is 11.7 Å². The number of nitrogens with one attached hydrogen (secondary N) is 1. The molecule has 2 rings (SSSR count). The highest BCUT2D eigenvalue weighted by Crippen LogP contribution is 2.31. The zero-order valence-corrected chi connectivity index (χ0v) is 11.3. The van der Waals surface area contributed by atoms with Crippen LogP contribution in [0.2, 0.25) is 5.15 Å². The summed E-state index contributed by atoms with van der Waals surface area (Å²) >= 11 is 5.59. The summed E-state index contributed by atoms with van der Waals surface area (Å²) in [4.78, 5) is 3.81. The molecule has 0 aliphatic carbocycles. The van der Waals surface area contributed by atoms with Crippen molar-refractivity contribution in [1.29, 1.82) is 0 Å². The van der Waals surface area contributed by atoms with Gasteiger partial charge in [0, 0.05) is 12.7 Å². The number of alkyl halides is 3. The first-order chi connectivity index (χ1) is 9.34. The van der Waals surface area contributed by atoms with Crippen LogP contribution < -0.4 is 5.32 Å². The molecule has 2 heterocycles. The zero-order chi connectivity index (χ0) is 14.8. The van der Waals surface area contributed by atoms with Gasteiger partial charge in [0.25, 0.3) is 0 Å². The number of halogens is 4. The quantitative estimate of drug-likeness (QED) is 0.881. The Morgan fingerprint density at radius 1 is 1.35 bits per heavy atom. The van der Waals surface area contributed by atoms with Crippen molar-refractivity contribution in [3.8, 4) is 0 Å². The van der Waals surface area contributed by atoms with Crippen molar-refractivity contribution in [2.24, 2.45) is 0 Å². The molecular formula is C12H12ClF3N4. The number of hydrogen-bond acceptors (Lipinski definition) is 3. The van der Waals surface area contributed by atoms with Gasteiger partial charge in [-0.2, -0.15) is 18.3 Å². The van der Waals surface area contributed by atoms with Gasteiger partial charge in [-0.1, -0.05) is 11.6 Å². The average Bonchev–Trinajstić information content (AvgIpc) is 2.73. The van der Waals surface area contributed by atoms with Gasteiger partial charge in [-0.25, -0.2) is 4.98 Å². The lowest BCUT2D eigenvalue weighted by Crippen LogP contribution is -2.13. The lowest BCUT2D eigenvalue weighted by molar-refractivity contribution is -0.137. The molecule has 0 unspecified atom stereocenters. The summed E-state index contributed by atoms with van der Waals surface area (Å²) in [6, 6.07) is 1.73. The SMILES string of the molecule is Cc1cnn(CCNc2cc(C(F)(F)F)cc(Cl)n2)c1. The van der Waals surface area contributed by atoms with Crippen molar-refractivity contribution in [2.75, 3.05) is 11.9 Å². The average molecular weight is 305 g/mol. The van der Waals surface area contributed by atoms with Crippen molar-refractivity contribution in [3.63, 3.8) is 0 Å². The maximum absolute atomic E-state index is 12.6. The molecular weight excluding hydrogens is 293 g/mol. The summed E-state index contributed by atoms with van der Waals surface area (Å²) < 4.78 is 39.5. The van der Waals surface area contributed by atoms with E-state index in [1.54, 1.807) is 10.9 Å². The number of hydrogen-bond donors (Lipinski definition) is 1. The first kappa shape index (κ1) is 14.6. The van der Waals surface area contributed by atoms with Crippen LogP contribution in [0.3, 0.4) is 0 Å². The maximum atomic E-state index is 12.6. The van der Waals surface area contributed by atoms with Crippen molar-refractivity contribution < 1.29 is 13.2 Å². The standard InChI is InChI=1S/C12H12ClF3N4/c1-8-6-18-20(7-8)3-2-17-11-5-9(12(14,15)16)4-10(13)19-11/h4-7H,2-3H2,1H3,(H,17,19). The Bertz CT molecular complexity index is 595. The van der Waals surface area contributed by atoms with Crippen LogP contribution in [-0.4, -0.2) is 21.3 Å². The number of aromatic nitrogens is 3. The predicted octanol–water partition coefficient (Wildman–Crippen LogP) is 3.37. The Labute approximate surface area is 118 Å². The Kier molecular flexibility index (Phi) is 4.17. The van der Waals surface area contributed by atoms with Crippen molar-refractivity contribution in [3.05, 3.63) is 40.8 Å². The summed E-state index contributed by atoms with van der Waals surface area (Å²) in [5.74, 6) is 0.0914. The molecule has 0 amide bonds. The van der Waals surface area contributed by atoms with E-state index in [-0.39, 0.29) is 11.0 Å². The minimum absolute atomic E-state index is 0.0914. The molecule has 0 aliphatic rings. The van der Waals surface area contributed by atoms with Gasteiger partial charge < -0.3 is 5.32 Å². The van der Waals surface area contributed by atoms with E-state index in [1.807, 2.05) is 13.1 Å². The molecule has 108 valence electrons. The second-order valence-electron chi connectivity index (χ2n) is 4.27. The Morgan fingerprint density at radius 3 is 2.70 bits per heavy atom. The molecule has 0 atom stereocenters. The van der Waals surface area contributed by atoms with Gasteiger partial charge >= 0.3 is 6.18 Å².